The average Bonchev–Trinajstić information content (AvgIpc) is 2.80. The third-order valence-electron chi connectivity index (χ3n) is 5.99. The van der Waals surface area contributed by atoms with E-state index in [1.54, 1.807) is 25.3 Å². The highest BCUT2D eigenvalue weighted by molar-refractivity contribution is 7.89. The van der Waals surface area contributed by atoms with E-state index in [1.807, 2.05) is 30.5 Å². The summed E-state index contributed by atoms with van der Waals surface area (Å²) in [5.74, 6) is -0.441. The molecule has 1 aromatic heterocycles. The topological polar surface area (TPSA) is 94.9 Å². The minimum absolute atomic E-state index is 0.0136. The zero-order chi connectivity index (χ0) is 22.7. The smallest absolute Gasteiger partial charge is 0.211 e. The van der Waals surface area contributed by atoms with E-state index < -0.39 is 15.8 Å². The fraction of sp³-hybridized carbons (Fsp3) is 0.333. The van der Waals surface area contributed by atoms with Crippen LogP contribution < -0.4 is 10.0 Å². The molecule has 0 bridgehead atoms. The first-order valence-corrected chi connectivity index (χ1v) is 12.4. The molecule has 3 aromatic rings. The molecule has 2 aromatic carbocycles. The van der Waals surface area contributed by atoms with Crippen LogP contribution in [0.1, 0.15) is 38.2 Å². The monoisotopic (exact) mass is 452 g/mol. The molecule has 0 amide bonds. The number of nitrogens with zero attached hydrogens (tertiary/aromatic N) is 2. The number of benzene rings is 2. The van der Waals surface area contributed by atoms with E-state index in [0.717, 1.165) is 53.3 Å². The molecule has 2 N–H and O–H groups in total. The van der Waals surface area contributed by atoms with Crippen LogP contribution in [-0.4, -0.2) is 31.2 Å². The predicted molar refractivity (Wildman–Crippen MR) is 124 cm³/mol. The van der Waals surface area contributed by atoms with Crippen LogP contribution in [0.25, 0.3) is 21.9 Å². The average molecular weight is 453 g/mol. The highest BCUT2D eigenvalue weighted by Crippen LogP contribution is 2.33. The molecule has 1 aliphatic carbocycles. The number of hydrogen-bond acceptors (Lipinski definition) is 5. The highest BCUT2D eigenvalue weighted by Gasteiger charge is 2.24. The maximum atomic E-state index is 13.8. The molecule has 4 rings (SSSR count). The molecule has 1 saturated carbocycles. The molecule has 8 heteroatoms. The molecule has 0 spiro atoms. The molecule has 1 heterocycles. The molecule has 0 radical (unpaired) electrons. The zero-order valence-electron chi connectivity index (χ0n) is 17.8. The second kappa shape index (κ2) is 9.23. The van der Waals surface area contributed by atoms with Gasteiger partial charge in [-0.05, 0) is 79.5 Å². The number of rotatable bonds is 6. The van der Waals surface area contributed by atoms with Gasteiger partial charge in [0.15, 0.2) is 0 Å². The Morgan fingerprint density at radius 3 is 2.56 bits per heavy atom. The first-order chi connectivity index (χ1) is 15.4. The SMILES string of the molecule is CCS(=O)(=O)NC1CCC(Nc2cc(-c3ccc(F)c(C#N)c3)cc3ccncc23)CC1. The summed E-state index contributed by atoms with van der Waals surface area (Å²) in [6.45, 7) is 1.64. The van der Waals surface area contributed by atoms with Crippen molar-refractivity contribution in [2.75, 3.05) is 11.1 Å². The largest absolute Gasteiger partial charge is 0.382 e. The van der Waals surface area contributed by atoms with Gasteiger partial charge in [-0.3, -0.25) is 4.98 Å². The number of fused-ring (bicyclic) bond motifs is 1. The Labute approximate surface area is 187 Å². The van der Waals surface area contributed by atoms with Crippen molar-refractivity contribution in [3.05, 3.63) is 60.2 Å². The number of halogens is 1. The van der Waals surface area contributed by atoms with Crippen LogP contribution in [-0.2, 0) is 10.0 Å². The van der Waals surface area contributed by atoms with Crippen molar-refractivity contribution >= 4 is 26.5 Å². The maximum absolute atomic E-state index is 13.8. The Balaban J connectivity index is 1.59. The predicted octanol–water partition coefficient (Wildman–Crippen LogP) is 4.57. The third-order valence-corrected chi connectivity index (χ3v) is 7.44. The summed E-state index contributed by atoms with van der Waals surface area (Å²) >= 11 is 0. The van der Waals surface area contributed by atoms with E-state index in [4.69, 9.17) is 0 Å². The molecule has 0 unspecified atom stereocenters. The molecule has 166 valence electrons. The minimum atomic E-state index is -3.20. The fourth-order valence-corrected chi connectivity index (χ4v) is 5.10. The lowest BCUT2D eigenvalue weighted by Crippen LogP contribution is -2.40. The number of hydrogen-bond donors (Lipinski definition) is 2. The van der Waals surface area contributed by atoms with Crippen LogP contribution in [0, 0.1) is 17.1 Å². The molecule has 1 fully saturated rings. The molecular formula is C24H25FN4O2S. The number of anilines is 1. The number of sulfonamides is 1. The van der Waals surface area contributed by atoms with E-state index in [9.17, 15) is 18.1 Å². The van der Waals surface area contributed by atoms with Gasteiger partial charge in [-0.2, -0.15) is 5.26 Å². The first kappa shape index (κ1) is 22.2. The normalized spacial score (nSPS) is 18.9. The summed E-state index contributed by atoms with van der Waals surface area (Å²) in [4.78, 5) is 4.26. The van der Waals surface area contributed by atoms with E-state index in [1.165, 1.54) is 6.07 Å². The van der Waals surface area contributed by atoms with Crippen molar-refractivity contribution in [2.24, 2.45) is 0 Å². The van der Waals surface area contributed by atoms with E-state index >= 15 is 0 Å². The van der Waals surface area contributed by atoms with Crippen molar-refractivity contribution in [3.63, 3.8) is 0 Å². The van der Waals surface area contributed by atoms with Crippen LogP contribution in [0.2, 0.25) is 0 Å². The van der Waals surface area contributed by atoms with E-state index in [-0.39, 0.29) is 23.4 Å². The molecule has 0 aliphatic heterocycles. The van der Waals surface area contributed by atoms with Crippen LogP contribution in [0.4, 0.5) is 10.1 Å². The zero-order valence-corrected chi connectivity index (χ0v) is 18.6. The highest BCUT2D eigenvalue weighted by atomic mass is 32.2. The number of nitrogens with one attached hydrogen (secondary N) is 2. The summed E-state index contributed by atoms with van der Waals surface area (Å²) in [6, 6.07) is 12.6. The number of aromatic nitrogens is 1. The fourth-order valence-electron chi connectivity index (χ4n) is 4.19. The minimum Gasteiger partial charge on any atom is -0.382 e. The molecular weight excluding hydrogens is 427 g/mol. The summed E-state index contributed by atoms with van der Waals surface area (Å²) in [6.07, 6.45) is 6.78. The van der Waals surface area contributed by atoms with Crippen molar-refractivity contribution in [1.29, 1.82) is 5.26 Å². The molecule has 1 aliphatic rings. The standard InChI is InChI=1S/C24H25FN4O2S/c1-2-32(30,31)29-21-6-4-20(5-7-21)28-24-13-18(12-17-9-10-27-15-22(17)24)16-3-8-23(25)19(11-16)14-26/h3,8-13,15,20-21,28-29H,2,4-7H2,1H3. The van der Waals surface area contributed by atoms with Gasteiger partial charge in [-0.1, -0.05) is 6.07 Å². The van der Waals surface area contributed by atoms with Crippen molar-refractivity contribution in [3.8, 4) is 17.2 Å². The van der Waals surface area contributed by atoms with Gasteiger partial charge in [0, 0.05) is 35.6 Å². The van der Waals surface area contributed by atoms with E-state index in [0.29, 0.717) is 0 Å². The lowest BCUT2D eigenvalue weighted by molar-refractivity contribution is 0.387. The van der Waals surface area contributed by atoms with Gasteiger partial charge in [0.25, 0.3) is 0 Å². The molecule has 6 nitrogen and oxygen atoms in total. The summed E-state index contributed by atoms with van der Waals surface area (Å²) in [5.41, 5.74) is 2.58. The van der Waals surface area contributed by atoms with Crippen LogP contribution in [0.15, 0.2) is 48.8 Å². The maximum Gasteiger partial charge on any atom is 0.211 e. The molecule has 32 heavy (non-hydrogen) atoms. The van der Waals surface area contributed by atoms with Gasteiger partial charge in [-0.25, -0.2) is 17.5 Å². The van der Waals surface area contributed by atoms with Gasteiger partial charge >= 0.3 is 0 Å². The lowest BCUT2D eigenvalue weighted by atomic mass is 9.91. The number of pyridine rings is 1. The second-order valence-corrected chi connectivity index (χ2v) is 10.2. The molecule has 0 atom stereocenters. The Bertz CT molecular complexity index is 1280. The third kappa shape index (κ3) is 4.90. The first-order valence-electron chi connectivity index (χ1n) is 10.7. The summed E-state index contributed by atoms with van der Waals surface area (Å²) in [7, 11) is -3.20. The van der Waals surface area contributed by atoms with Gasteiger partial charge in [0.2, 0.25) is 10.0 Å². The second-order valence-electron chi connectivity index (χ2n) is 8.14. The van der Waals surface area contributed by atoms with Crippen LogP contribution >= 0.6 is 0 Å². The van der Waals surface area contributed by atoms with Crippen LogP contribution in [0.5, 0.6) is 0 Å². The van der Waals surface area contributed by atoms with Gasteiger partial charge in [-0.15, -0.1) is 0 Å². The van der Waals surface area contributed by atoms with Crippen LogP contribution in [0.3, 0.4) is 0 Å². The number of nitriles is 1. The Hall–Kier alpha value is -3.02. The van der Waals surface area contributed by atoms with Gasteiger partial charge in [0.05, 0.1) is 11.3 Å². The lowest BCUT2D eigenvalue weighted by Gasteiger charge is -2.30. The molecule has 0 saturated heterocycles. The van der Waals surface area contributed by atoms with Gasteiger partial charge < -0.3 is 5.32 Å². The van der Waals surface area contributed by atoms with E-state index in [2.05, 4.69) is 15.0 Å². The quantitative estimate of drug-likeness (QED) is 0.571. The Kier molecular flexibility index (Phi) is 6.40. The van der Waals surface area contributed by atoms with Crippen molar-refractivity contribution in [1.82, 2.24) is 9.71 Å². The van der Waals surface area contributed by atoms with Gasteiger partial charge in [0.1, 0.15) is 11.9 Å². The Morgan fingerprint density at radius 1 is 1.09 bits per heavy atom. The summed E-state index contributed by atoms with van der Waals surface area (Å²) in [5, 5.41) is 14.8. The Morgan fingerprint density at radius 2 is 1.84 bits per heavy atom. The van der Waals surface area contributed by atoms with Crippen molar-refractivity contribution in [2.45, 2.75) is 44.7 Å². The van der Waals surface area contributed by atoms with Crippen molar-refractivity contribution < 1.29 is 12.8 Å². The summed E-state index contributed by atoms with van der Waals surface area (Å²) < 4.78 is 40.3.